The van der Waals surface area contributed by atoms with Gasteiger partial charge in [-0.3, -0.25) is 0 Å². The van der Waals surface area contributed by atoms with Crippen LogP contribution in [-0.4, -0.2) is 20.9 Å². The predicted octanol–water partition coefficient (Wildman–Crippen LogP) is 3.73. The highest BCUT2D eigenvalue weighted by Crippen LogP contribution is 2.22. The van der Waals surface area contributed by atoms with E-state index in [1.807, 2.05) is 12.1 Å². The van der Waals surface area contributed by atoms with Gasteiger partial charge in [-0.1, -0.05) is 47.2 Å². The Morgan fingerprint density at radius 3 is 2.61 bits per heavy atom. The van der Waals surface area contributed by atoms with Gasteiger partial charge in [0, 0.05) is 17.6 Å². The molecule has 0 amide bonds. The van der Waals surface area contributed by atoms with Crippen LogP contribution in [-0.2, 0) is 7.05 Å². The van der Waals surface area contributed by atoms with Crippen molar-refractivity contribution < 1.29 is 9.90 Å². The number of hydrogen-bond acceptors (Lipinski definition) is 4. The second-order valence-electron chi connectivity index (χ2n) is 4.75. The highest BCUT2D eigenvalue weighted by atomic mass is 35.5. The van der Waals surface area contributed by atoms with Crippen molar-refractivity contribution in [1.29, 1.82) is 0 Å². The molecule has 116 valence electrons. The molecule has 1 N–H and O–H groups in total. The van der Waals surface area contributed by atoms with E-state index in [2.05, 4.69) is 10.1 Å². The van der Waals surface area contributed by atoms with Gasteiger partial charge in [0.15, 0.2) is 0 Å². The number of carboxylic acids is 1. The van der Waals surface area contributed by atoms with E-state index >= 15 is 0 Å². The lowest BCUT2D eigenvalue weighted by Crippen LogP contribution is -2.11. The second kappa shape index (κ2) is 6.36. The number of carbonyl (C=O) groups is 1. The van der Waals surface area contributed by atoms with Crippen LogP contribution in [0.4, 0.5) is 5.69 Å². The maximum atomic E-state index is 11.3. The lowest BCUT2D eigenvalue weighted by atomic mass is 10.2. The van der Waals surface area contributed by atoms with Gasteiger partial charge in [0.05, 0.1) is 11.3 Å². The van der Waals surface area contributed by atoms with Crippen molar-refractivity contribution >= 4 is 34.6 Å². The molecule has 0 aliphatic carbocycles. The van der Waals surface area contributed by atoms with Crippen LogP contribution in [0.3, 0.4) is 0 Å². The van der Waals surface area contributed by atoms with E-state index in [1.54, 1.807) is 42.1 Å². The lowest BCUT2D eigenvalue weighted by Gasteiger charge is -1.98. The maximum absolute atomic E-state index is 11.3. The fraction of sp³-hybridized carbons (Fsp3) is 0.0625. The number of nitrogens with zero attached hydrogens (tertiary/aromatic N) is 3. The zero-order valence-corrected chi connectivity index (χ0v) is 13.7. The quantitative estimate of drug-likeness (QED) is 0.786. The summed E-state index contributed by atoms with van der Waals surface area (Å²) in [7, 11) is 1.78. The second-order valence-corrected chi connectivity index (χ2v) is 6.15. The fourth-order valence-corrected chi connectivity index (χ4v) is 3.04. The highest BCUT2D eigenvalue weighted by Gasteiger charge is 2.10. The third kappa shape index (κ3) is 3.33. The third-order valence-corrected chi connectivity index (χ3v) is 4.45. The molecular weight excluding hydrogens is 334 g/mol. The molecule has 0 unspecified atom stereocenters. The van der Waals surface area contributed by atoms with Crippen LogP contribution in [0, 0.1) is 0 Å². The van der Waals surface area contributed by atoms with Crippen molar-refractivity contribution in [3.05, 3.63) is 63.9 Å². The lowest BCUT2D eigenvalue weighted by molar-refractivity contribution is 0.0698. The molecule has 0 spiro atoms. The maximum Gasteiger partial charge on any atom is 0.337 e. The van der Waals surface area contributed by atoms with Crippen LogP contribution < -0.4 is 4.80 Å². The molecule has 5 nitrogen and oxygen atoms in total. The number of aromatic nitrogens is 2. The summed E-state index contributed by atoms with van der Waals surface area (Å²) in [5.41, 5.74) is 1.50. The standard InChI is InChI=1S/C16H12ClN3O2S/c1-20-16(18-13-5-3-2-4-12(13)15(21)22)23-14(19-20)10-6-8-11(17)9-7-10/h2-9H,1H3,(H,21,22). The summed E-state index contributed by atoms with van der Waals surface area (Å²) in [6.45, 7) is 0. The summed E-state index contributed by atoms with van der Waals surface area (Å²) >= 11 is 7.28. The van der Waals surface area contributed by atoms with Crippen LogP contribution in [0.2, 0.25) is 5.02 Å². The van der Waals surface area contributed by atoms with E-state index in [0.29, 0.717) is 15.5 Å². The van der Waals surface area contributed by atoms with Gasteiger partial charge in [-0.2, -0.15) is 5.10 Å². The van der Waals surface area contributed by atoms with Crippen molar-refractivity contribution in [3.63, 3.8) is 0 Å². The molecule has 1 aromatic heterocycles. The number of carboxylic acid groups (broad SMARTS) is 1. The van der Waals surface area contributed by atoms with Gasteiger partial charge < -0.3 is 5.11 Å². The third-order valence-electron chi connectivity index (χ3n) is 3.15. The molecule has 3 aromatic rings. The predicted molar refractivity (Wildman–Crippen MR) is 90.2 cm³/mol. The molecule has 0 aliphatic heterocycles. The highest BCUT2D eigenvalue weighted by molar-refractivity contribution is 7.12. The first-order chi connectivity index (χ1) is 11.0. The Balaban J connectivity index is 2.08. The van der Waals surface area contributed by atoms with Crippen molar-refractivity contribution in [2.75, 3.05) is 0 Å². The minimum atomic E-state index is -1.01. The van der Waals surface area contributed by atoms with Gasteiger partial charge >= 0.3 is 5.97 Å². The van der Waals surface area contributed by atoms with Crippen LogP contribution in [0.5, 0.6) is 0 Å². The van der Waals surface area contributed by atoms with Crippen molar-refractivity contribution in [1.82, 2.24) is 9.78 Å². The van der Waals surface area contributed by atoms with Crippen LogP contribution in [0.25, 0.3) is 10.6 Å². The number of rotatable bonds is 3. The Hall–Kier alpha value is -2.44. The number of aryl methyl sites for hydroxylation is 1. The molecule has 23 heavy (non-hydrogen) atoms. The van der Waals surface area contributed by atoms with Gasteiger partial charge in [-0.05, 0) is 24.3 Å². The van der Waals surface area contributed by atoms with E-state index in [-0.39, 0.29) is 5.56 Å². The molecule has 2 aromatic carbocycles. The molecule has 0 saturated heterocycles. The molecule has 0 fully saturated rings. The van der Waals surface area contributed by atoms with E-state index in [9.17, 15) is 9.90 Å². The molecule has 3 rings (SSSR count). The Bertz CT molecular complexity index is 929. The van der Waals surface area contributed by atoms with Gasteiger partial charge in [-0.15, -0.1) is 0 Å². The van der Waals surface area contributed by atoms with Crippen LogP contribution in [0.15, 0.2) is 53.5 Å². The fourth-order valence-electron chi connectivity index (χ4n) is 2.01. The Morgan fingerprint density at radius 2 is 1.91 bits per heavy atom. The number of benzene rings is 2. The smallest absolute Gasteiger partial charge is 0.337 e. The molecule has 0 saturated carbocycles. The molecule has 7 heteroatoms. The number of para-hydroxylation sites is 1. The van der Waals surface area contributed by atoms with E-state index in [1.165, 1.54) is 17.4 Å². The van der Waals surface area contributed by atoms with Crippen molar-refractivity contribution in [2.24, 2.45) is 12.0 Å². The zero-order valence-electron chi connectivity index (χ0n) is 12.1. The normalized spacial score (nSPS) is 11.7. The number of aromatic carboxylic acids is 1. The largest absolute Gasteiger partial charge is 0.478 e. The minimum Gasteiger partial charge on any atom is -0.478 e. The first-order valence-electron chi connectivity index (χ1n) is 6.72. The molecule has 0 bridgehead atoms. The van der Waals surface area contributed by atoms with Gasteiger partial charge in [0.2, 0.25) is 4.80 Å². The monoisotopic (exact) mass is 345 g/mol. The average molecular weight is 346 g/mol. The molecule has 0 atom stereocenters. The first kappa shape index (κ1) is 15.5. The molecule has 1 heterocycles. The Kier molecular flexibility index (Phi) is 4.27. The molecular formula is C16H12ClN3O2S. The summed E-state index contributed by atoms with van der Waals surface area (Å²) in [6.07, 6.45) is 0. The van der Waals surface area contributed by atoms with Gasteiger partial charge in [0.1, 0.15) is 5.01 Å². The summed E-state index contributed by atoms with van der Waals surface area (Å²) < 4.78 is 1.63. The zero-order chi connectivity index (χ0) is 16.4. The van der Waals surface area contributed by atoms with Crippen molar-refractivity contribution in [2.45, 2.75) is 0 Å². The van der Waals surface area contributed by atoms with E-state index in [4.69, 9.17) is 11.6 Å². The summed E-state index contributed by atoms with van der Waals surface area (Å²) in [4.78, 5) is 16.3. The van der Waals surface area contributed by atoms with E-state index in [0.717, 1.165) is 10.6 Å². The molecule has 0 aliphatic rings. The Labute approximate surface area is 141 Å². The topological polar surface area (TPSA) is 67.5 Å². The summed E-state index contributed by atoms with van der Waals surface area (Å²) in [6, 6.07) is 14.0. The summed E-state index contributed by atoms with van der Waals surface area (Å²) in [5, 5.41) is 15.1. The number of hydrogen-bond donors (Lipinski definition) is 1. The average Bonchev–Trinajstić information content (AvgIpc) is 2.89. The van der Waals surface area contributed by atoms with Gasteiger partial charge in [-0.25, -0.2) is 14.5 Å². The summed E-state index contributed by atoms with van der Waals surface area (Å²) in [5.74, 6) is -1.01. The minimum absolute atomic E-state index is 0.161. The molecule has 0 radical (unpaired) electrons. The Morgan fingerprint density at radius 1 is 1.22 bits per heavy atom. The van der Waals surface area contributed by atoms with Crippen LogP contribution >= 0.6 is 22.9 Å². The van der Waals surface area contributed by atoms with Crippen LogP contribution in [0.1, 0.15) is 10.4 Å². The SMILES string of the molecule is Cn1nc(-c2ccc(Cl)cc2)sc1=Nc1ccccc1C(=O)O. The van der Waals surface area contributed by atoms with Gasteiger partial charge in [0.25, 0.3) is 0 Å². The number of halogens is 1. The van der Waals surface area contributed by atoms with Crippen molar-refractivity contribution in [3.8, 4) is 10.6 Å². The first-order valence-corrected chi connectivity index (χ1v) is 7.91. The van der Waals surface area contributed by atoms with E-state index < -0.39 is 5.97 Å².